The first-order valence-corrected chi connectivity index (χ1v) is 8.22. The molecule has 23 heavy (non-hydrogen) atoms. The summed E-state index contributed by atoms with van der Waals surface area (Å²) >= 11 is 0. The van der Waals surface area contributed by atoms with Crippen LogP contribution in [0.2, 0.25) is 0 Å². The van der Waals surface area contributed by atoms with Crippen molar-refractivity contribution in [2.75, 3.05) is 19.6 Å². The van der Waals surface area contributed by atoms with Gasteiger partial charge in [-0.05, 0) is 48.1 Å². The van der Waals surface area contributed by atoms with Crippen LogP contribution in [0.1, 0.15) is 31.5 Å². The molecule has 1 saturated heterocycles. The molecule has 1 aliphatic carbocycles. The van der Waals surface area contributed by atoms with Crippen LogP contribution in [0.25, 0.3) is 0 Å². The van der Waals surface area contributed by atoms with Crippen molar-refractivity contribution in [3.63, 3.8) is 0 Å². The number of aromatic nitrogens is 2. The highest BCUT2D eigenvalue weighted by Gasteiger charge is 2.26. The van der Waals surface area contributed by atoms with Crippen LogP contribution in [0, 0.1) is 23.0 Å². The molecule has 0 spiro atoms. The number of nitrogens with one attached hydrogen (secondary N) is 1. The number of piperidine rings is 1. The number of imidazole rings is 1. The molecule has 8 heteroatoms. The summed E-state index contributed by atoms with van der Waals surface area (Å²) in [6.45, 7) is 4.39. The number of aryl methyl sites for hydroxylation is 1. The summed E-state index contributed by atoms with van der Waals surface area (Å²) in [5.74, 6) is 1.15. The SMILES string of the molecule is Cc1nc([N+](=O)[O-])cn1CC(=O)N1CCC(NCC2CC2)CC1. The molecule has 0 bridgehead atoms. The van der Waals surface area contributed by atoms with Gasteiger partial charge in [-0.25, -0.2) is 0 Å². The number of carbonyl (C=O) groups is 1. The molecule has 1 amide bonds. The van der Waals surface area contributed by atoms with Crippen LogP contribution in [-0.2, 0) is 11.3 Å². The number of nitro groups is 1. The number of rotatable bonds is 6. The number of amides is 1. The summed E-state index contributed by atoms with van der Waals surface area (Å²) in [4.78, 5) is 28.3. The van der Waals surface area contributed by atoms with Crippen LogP contribution in [0.4, 0.5) is 5.82 Å². The maximum atomic E-state index is 12.4. The fraction of sp³-hybridized carbons (Fsp3) is 0.733. The van der Waals surface area contributed by atoms with Gasteiger partial charge in [0, 0.05) is 26.1 Å². The third-order valence-corrected chi connectivity index (χ3v) is 4.70. The molecule has 2 fully saturated rings. The maximum Gasteiger partial charge on any atom is 0.381 e. The summed E-state index contributed by atoms with van der Waals surface area (Å²) in [5.41, 5.74) is 0. The van der Waals surface area contributed by atoms with Gasteiger partial charge in [-0.3, -0.25) is 9.36 Å². The Morgan fingerprint density at radius 1 is 1.39 bits per heavy atom. The number of likely N-dealkylation sites (tertiary alicyclic amines) is 1. The first-order chi connectivity index (χ1) is 11.0. The summed E-state index contributed by atoms with van der Waals surface area (Å²) < 4.78 is 1.55. The molecule has 1 aliphatic heterocycles. The van der Waals surface area contributed by atoms with Crippen LogP contribution in [0.3, 0.4) is 0 Å². The zero-order chi connectivity index (χ0) is 16.4. The number of carbonyl (C=O) groups excluding carboxylic acids is 1. The van der Waals surface area contributed by atoms with E-state index in [1.165, 1.54) is 19.0 Å². The van der Waals surface area contributed by atoms with Gasteiger partial charge in [0.25, 0.3) is 0 Å². The fourth-order valence-corrected chi connectivity index (χ4v) is 2.97. The zero-order valence-electron chi connectivity index (χ0n) is 13.4. The molecule has 1 aromatic rings. The van der Waals surface area contributed by atoms with Gasteiger partial charge in [-0.1, -0.05) is 0 Å². The topological polar surface area (TPSA) is 93.3 Å². The lowest BCUT2D eigenvalue weighted by molar-refractivity contribution is -0.389. The standard InChI is InChI=1S/C15H23N5O3/c1-11-17-14(20(22)23)9-19(11)10-15(21)18-6-4-13(5-7-18)16-8-12-2-3-12/h9,12-13,16H,2-8,10H2,1H3. The van der Waals surface area contributed by atoms with Crippen LogP contribution < -0.4 is 5.32 Å². The minimum Gasteiger partial charge on any atom is -0.358 e. The highest BCUT2D eigenvalue weighted by Crippen LogP contribution is 2.28. The van der Waals surface area contributed by atoms with Crippen molar-refractivity contribution < 1.29 is 9.72 Å². The highest BCUT2D eigenvalue weighted by atomic mass is 16.6. The monoisotopic (exact) mass is 321 g/mol. The van der Waals surface area contributed by atoms with Crippen molar-refractivity contribution in [1.29, 1.82) is 0 Å². The fourth-order valence-electron chi connectivity index (χ4n) is 2.97. The van der Waals surface area contributed by atoms with Crippen LogP contribution >= 0.6 is 0 Å². The summed E-state index contributed by atoms with van der Waals surface area (Å²) in [6.07, 6.45) is 5.97. The zero-order valence-corrected chi connectivity index (χ0v) is 13.4. The third kappa shape index (κ3) is 4.07. The second-order valence-electron chi connectivity index (χ2n) is 6.54. The lowest BCUT2D eigenvalue weighted by Gasteiger charge is -2.32. The second-order valence-corrected chi connectivity index (χ2v) is 6.54. The summed E-state index contributed by atoms with van der Waals surface area (Å²) in [6, 6.07) is 0.510. The van der Waals surface area contributed by atoms with E-state index in [0.717, 1.165) is 38.4 Å². The van der Waals surface area contributed by atoms with E-state index in [4.69, 9.17) is 0 Å². The van der Waals surface area contributed by atoms with Gasteiger partial charge in [0.15, 0.2) is 0 Å². The van der Waals surface area contributed by atoms with E-state index in [9.17, 15) is 14.9 Å². The molecule has 1 saturated carbocycles. The molecule has 0 radical (unpaired) electrons. The minimum atomic E-state index is -0.537. The van der Waals surface area contributed by atoms with E-state index in [1.54, 1.807) is 11.5 Å². The second kappa shape index (κ2) is 6.66. The van der Waals surface area contributed by atoms with Gasteiger partial charge in [0.1, 0.15) is 12.7 Å². The highest BCUT2D eigenvalue weighted by molar-refractivity contribution is 5.76. The molecule has 1 aromatic heterocycles. The van der Waals surface area contributed by atoms with Crippen molar-refractivity contribution in [2.45, 2.75) is 45.2 Å². The van der Waals surface area contributed by atoms with Gasteiger partial charge in [-0.15, -0.1) is 0 Å². The van der Waals surface area contributed by atoms with Crippen molar-refractivity contribution in [2.24, 2.45) is 5.92 Å². The van der Waals surface area contributed by atoms with Crippen molar-refractivity contribution >= 4 is 11.7 Å². The predicted octanol–water partition coefficient (Wildman–Crippen LogP) is 1.09. The number of hydrogen-bond acceptors (Lipinski definition) is 5. The quantitative estimate of drug-likeness (QED) is 0.625. The first-order valence-electron chi connectivity index (χ1n) is 8.22. The summed E-state index contributed by atoms with van der Waals surface area (Å²) in [5, 5.41) is 14.3. The molecular weight excluding hydrogens is 298 g/mol. The first kappa shape index (κ1) is 15.9. The van der Waals surface area contributed by atoms with E-state index < -0.39 is 4.92 Å². The van der Waals surface area contributed by atoms with Crippen LogP contribution in [0.15, 0.2) is 6.20 Å². The minimum absolute atomic E-state index is 0.000964. The molecule has 8 nitrogen and oxygen atoms in total. The molecule has 0 atom stereocenters. The Morgan fingerprint density at radius 2 is 2.09 bits per heavy atom. The smallest absolute Gasteiger partial charge is 0.358 e. The predicted molar refractivity (Wildman–Crippen MR) is 83.9 cm³/mol. The van der Waals surface area contributed by atoms with E-state index in [0.29, 0.717) is 11.9 Å². The van der Waals surface area contributed by atoms with Gasteiger partial charge >= 0.3 is 5.82 Å². The molecular formula is C15H23N5O3. The Hall–Kier alpha value is -1.96. The normalized spacial score (nSPS) is 19.1. The largest absolute Gasteiger partial charge is 0.381 e. The lowest BCUT2D eigenvalue weighted by atomic mass is 10.0. The molecule has 126 valence electrons. The van der Waals surface area contributed by atoms with Crippen molar-refractivity contribution in [1.82, 2.24) is 19.8 Å². The Bertz CT molecular complexity index is 588. The molecule has 0 aromatic carbocycles. The van der Waals surface area contributed by atoms with E-state index in [1.807, 2.05) is 4.90 Å². The Kier molecular flexibility index (Phi) is 4.61. The maximum absolute atomic E-state index is 12.4. The number of hydrogen-bond donors (Lipinski definition) is 1. The van der Waals surface area contributed by atoms with E-state index in [2.05, 4.69) is 10.3 Å². The number of nitrogens with zero attached hydrogens (tertiary/aromatic N) is 4. The molecule has 2 aliphatic rings. The average molecular weight is 321 g/mol. The van der Waals surface area contributed by atoms with Gasteiger partial charge in [0.2, 0.25) is 11.7 Å². The Labute approximate surface area is 135 Å². The average Bonchev–Trinajstić information content (AvgIpc) is 3.29. The van der Waals surface area contributed by atoms with Crippen LogP contribution in [-0.4, -0.2) is 51.0 Å². The van der Waals surface area contributed by atoms with E-state index >= 15 is 0 Å². The third-order valence-electron chi connectivity index (χ3n) is 4.70. The Morgan fingerprint density at radius 3 is 2.65 bits per heavy atom. The molecule has 1 N–H and O–H groups in total. The van der Waals surface area contributed by atoms with Gasteiger partial charge < -0.3 is 20.3 Å². The van der Waals surface area contributed by atoms with Gasteiger partial charge in [-0.2, -0.15) is 0 Å². The molecule has 0 unspecified atom stereocenters. The van der Waals surface area contributed by atoms with E-state index in [-0.39, 0.29) is 18.3 Å². The molecule has 3 rings (SSSR count). The van der Waals surface area contributed by atoms with Crippen molar-refractivity contribution in [3.8, 4) is 0 Å². The lowest BCUT2D eigenvalue weighted by Crippen LogP contribution is -2.46. The summed E-state index contributed by atoms with van der Waals surface area (Å²) in [7, 11) is 0. The molecule has 2 heterocycles. The van der Waals surface area contributed by atoms with Gasteiger partial charge in [0.05, 0.1) is 0 Å². The van der Waals surface area contributed by atoms with Crippen LogP contribution in [0.5, 0.6) is 0 Å². The van der Waals surface area contributed by atoms with Crippen molar-refractivity contribution in [3.05, 3.63) is 22.1 Å². The Balaban J connectivity index is 1.48.